The summed E-state index contributed by atoms with van der Waals surface area (Å²) in [5.74, 6) is 0. The van der Waals surface area contributed by atoms with E-state index in [2.05, 4.69) is 29.2 Å². The fourth-order valence-electron chi connectivity index (χ4n) is 1.71. The molecule has 0 aliphatic heterocycles. The average Bonchev–Trinajstić information content (AvgIpc) is 2.88. The van der Waals surface area contributed by atoms with Crippen molar-refractivity contribution >= 4 is 0 Å². The number of hydrogen-bond donors (Lipinski definition) is 0. The van der Waals surface area contributed by atoms with Crippen LogP contribution in [-0.4, -0.2) is 22.8 Å². The Bertz CT molecular complexity index is 397. The maximum Gasteiger partial charge on any atom is 0.0946 e. The largest absolute Gasteiger partial charge is 0.380 e. The van der Waals surface area contributed by atoms with Crippen LogP contribution in [0.2, 0.25) is 0 Å². The molecule has 3 nitrogen and oxygen atoms in total. The SMILES string of the molecule is c1ccc(CCCOCCn2ccnc2)cc1. The zero-order chi connectivity index (χ0) is 11.8. The molecule has 0 saturated carbocycles. The number of rotatable bonds is 7. The van der Waals surface area contributed by atoms with Crippen molar-refractivity contribution in [3.8, 4) is 0 Å². The Morgan fingerprint density at radius 2 is 2.00 bits per heavy atom. The van der Waals surface area contributed by atoms with E-state index in [9.17, 15) is 0 Å². The highest BCUT2D eigenvalue weighted by atomic mass is 16.5. The van der Waals surface area contributed by atoms with Gasteiger partial charge in [-0.05, 0) is 18.4 Å². The zero-order valence-electron chi connectivity index (χ0n) is 9.96. The smallest absolute Gasteiger partial charge is 0.0946 e. The zero-order valence-corrected chi connectivity index (χ0v) is 9.96. The summed E-state index contributed by atoms with van der Waals surface area (Å²) in [6, 6.07) is 10.5. The summed E-state index contributed by atoms with van der Waals surface area (Å²) in [6.45, 7) is 2.46. The van der Waals surface area contributed by atoms with Gasteiger partial charge in [-0.1, -0.05) is 30.3 Å². The lowest BCUT2D eigenvalue weighted by Crippen LogP contribution is -2.05. The molecule has 0 spiro atoms. The highest BCUT2D eigenvalue weighted by molar-refractivity contribution is 5.14. The minimum Gasteiger partial charge on any atom is -0.380 e. The van der Waals surface area contributed by atoms with Gasteiger partial charge in [-0.3, -0.25) is 0 Å². The first-order chi connectivity index (χ1) is 8.45. The Morgan fingerprint density at radius 3 is 2.76 bits per heavy atom. The van der Waals surface area contributed by atoms with Gasteiger partial charge < -0.3 is 9.30 Å². The van der Waals surface area contributed by atoms with E-state index in [-0.39, 0.29) is 0 Å². The van der Waals surface area contributed by atoms with Crippen LogP contribution in [0.15, 0.2) is 49.1 Å². The first kappa shape index (κ1) is 11.9. The van der Waals surface area contributed by atoms with Gasteiger partial charge in [0, 0.05) is 25.5 Å². The first-order valence-corrected chi connectivity index (χ1v) is 6.02. The van der Waals surface area contributed by atoms with E-state index in [0.29, 0.717) is 0 Å². The van der Waals surface area contributed by atoms with Crippen LogP contribution in [-0.2, 0) is 17.7 Å². The van der Waals surface area contributed by atoms with Gasteiger partial charge in [-0.2, -0.15) is 0 Å². The molecule has 17 heavy (non-hydrogen) atoms. The molecule has 2 rings (SSSR count). The molecule has 3 heteroatoms. The Kier molecular flexibility index (Phi) is 4.79. The predicted octanol–water partition coefficient (Wildman–Crippen LogP) is 2.53. The molecule has 0 unspecified atom stereocenters. The molecule has 1 aromatic carbocycles. The lowest BCUT2D eigenvalue weighted by atomic mass is 10.1. The average molecular weight is 230 g/mol. The Balaban J connectivity index is 1.52. The minimum absolute atomic E-state index is 0.755. The van der Waals surface area contributed by atoms with Crippen molar-refractivity contribution in [2.75, 3.05) is 13.2 Å². The highest BCUT2D eigenvalue weighted by Crippen LogP contribution is 2.02. The summed E-state index contributed by atoms with van der Waals surface area (Å²) in [4.78, 5) is 3.98. The molecule has 0 atom stereocenters. The van der Waals surface area contributed by atoms with Crippen LogP contribution >= 0.6 is 0 Å². The third-order valence-electron chi connectivity index (χ3n) is 2.65. The first-order valence-electron chi connectivity index (χ1n) is 6.02. The van der Waals surface area contributed by atoms with E-state index in [1.165, 1.54) is 5.56 Å². The molecule has 1 heterocycles. The Labute approximate surface area is 102 Å². The molecule has 0 saturated heterocycles. The molecule has 1 aromatic heterocycles. The van der Waals surface area contributed by atoms with Crippen LogP contribution < -0.4 is 0 Å². The molecule has 0 bridgehead atoms. The van der Waals surface area contributed by atoms with E-state index < -0.39 is 0 Å². The molecule has 0 N–H and O–H groups in total. The molecule has 0 amide bonds. The van der Waals surface area contributed by atoms with Crippen molar-refractivity contribution in [1.82, 2.24) is 9.55 Å². The lowest BCUT2D eigenvalue weighted by Gasteiger charge is -2.05. The standard InChI is InChI=1S/C14H18N2O/c1-2-5-14(6-3-1)7-4-11-17-12-10-16-9-8-15-13-16/h1-3,5-6,8-9,13H,4,7,10-12H2. The fourth-order valence-corrected chi connectivity index (χ4v) is 1.71. The summed E-state index contributed by atoms with van der Waals surface area (Å²) >= 11 is 0. The van der Waals surface area contributed by atoms with Crippen LogP contribution in [0.5, 0.6) is 0 Å². The maximum atomic E-state index is 5.58. The lowest BCUT2D eigenvalue weighted by molar-refractivity contribution is 0.124. The quantitative estimate of drug-likeness (QED) is 0.683. The summed E-state index contributed by atoms with van der Waals surface area (Å²) in [5, 5.41) is 0. The van der Waals surface area contributed by atoms with E-state index in [0.717, 1.165) is 32.6 Å². The van der Waals surface area contributed by atoms with Crippen LogP contribution in [0.3, 0.4) is 0 Å². The highest BCUT2D eigenvalue weighted by Gasteiger charge is 1.93. The minimum atomic E-state index is 0.755. The van der Waals surface area contributed by atoms with Crippen molar-refractivity contribution in [1.29, 1.82) is 0 Å². The van der Waals surface area contributed by atoms with E-state index in [1.54, 1.807) is 6.20 Å². The van der Waals surface area contributed by atoms with Gasteiger partial charge in [0.05, 0.1) is 12.9 Å². The second kappa shape index (κ2) is 6.86. The third-order valence-corrected chi connectivity index (χ3v) is 2.65. The van der Waals surface area contributed by atoms with Gasteiger partial charge in [0.25, 0.3) is 0 Å². The van der Waals surface area contributed by atoms with E-state index >= 15 is 0 Å². The predicted molar refractivity (Wildman–Crippen MR) is 67.8 cm³/mol. The fraction of sp³-hybridized carbons (Fsp3) is 0.357. The van der Waals surface area contributed by atoms with Gasteiger partial charge in [0.15, 0.2) is 0 Å². The number of hydrogen-bond acceptors (Lipinski definition) is 2. The molecule has 2 aromatic rings. The van der Waals surface area contributed by atoms with E-state index in [1.807, 2.05) is 23.2 Å². The second-order valence-electron chi connectivity index (χ2n) is 4.00. The third kappa shape index (κ3) is 4.41. The monoisotopic (exact) mass is 230 g/mol. The van der Waals surface area contributed by atoms with Crippen LogP contribution in [0.4, 0.5) is 0 Å². The van der Waals surface area contributed by atoms with Gasteiger partial charge in [0.1, 0.15) is 0 Å². The van der Waals surface area contributed by atoms with Gasteiger partial charge in [0.2, 0.25) is 0 Å². The Morgan fingerprint density at radius 1 is 1.12 bits per heavy atom. The number of benzene rings is 1. The molecule has 0 aliphatic carbocycles. The topological polar surface area (TPSA) is 27.1 Å². The molecular weight excluding hydrogens is 212 g/mol. The molecule has 0 aliphatic rings. The summed E-state index contributed by atoms with van der Waals surface area (Å²) in [6.07, 6.45) is 7.72. The van der Waals surface area contributed by atoms with Crippen molar-refractivity contribution in [3.05, 3.63) is 54.6 Å². The van der Waals surface area contributed by atoms with Gasteiger partial charge in [-0.25, -0.2) is 4.98 Å². The molecule has 0 radical (unpaired) electrons. The number of aryl methyl sites for hydroxylation is 1. The summed E-state index contributed by atoms with van der Waals surface area (Å²) in [5.41, 5.74) is 1.38. The van der Waals surface area contributed by atoms with Crippen molar-refractivity contribution in [2.24, 2.45) is 0 Å². The van der Waals surface area contributed by atoms with E-state index in [4.69, 9.17) is 4.74 Å². The van der Waals surface area contributed by atoms with Crippen molar-refractivity contribution in [3.63, 3.8) is 0 Å². The maximum absolute atomic E-state index is 5.58. The van der Waals surface area contributed by atoms with Crippen LogP contribution in [0.25, 0.3) is 0 Å². The van der Waals surface area contributed by atoms with Crippen molar-refractivity contribution < 1.29 is 4.74 Å². The summed E-state index contributed by atoms with van der Waals surface area (Å²) < 4.78 is 7.61. The van der Waals surface area contributed by atoms with Crippen LogP contribution in [0, 0.1) is 0 Å². The number of aromatic nitrogens is 2. The van der Waals surface area contributed by atoms with Crippen LogP contribution in [0.1, 0.15) is 12.0 Å². The molecule has 0 fully saturated rings. The molecule has 90 valence electrons. The summed E-state index contributed by atoms with van der Waals surface area (Å²) in [7, 11) is 0. The molecular formula is C14H18N2O. The second-order valence-corrected chi connectivity index (χ2v) is 4.00. The number of ether oxygens (including phenoxy) is 1. The Hall–Kier alpha value is -1.61. The normalized spacial score (nSPS) is 10.6. The number of imidazole rings is 1. The van der Waals surface area contributed by atoms with Gasteiger partial charge >= 0.3 is 0 Å². The van der Waals surface area contributed by atoms with Crippen molar-refractivity contribution in [2.45, 2.75) is 19.4 Å². The number of nitrogens with zero attached hydrogens (tertiary/aromatic N) is 2. The van der Waals surface area contributed by atoms with Gasteiger partial charge in [-0.15, -0.1) is 0 Å².